The number of aryl methyl sites for hydroxylation is 2. The van der Waals surface area contributed by atoms with E-state index in [0.29, 0.717) is 6.42 Å². The first-order valence-corrected chi connectivity index (χ1v) is 12.3. The molecule has 0 bridgehead atoms. The van der Waals surface area contributed by atoms with Crippen molar-refractivity contribution < 1.29 is 14.3 Å². The molecule has 2 aromatic heterocycles. The molecule has 1 amide bonds. The number of aromatic nitrogens is 4. The highest BCUT2D eigenvalue weighted by Gasteiger charge is 2.40. The lowest BCUT2D eigenvalue weighted by Crippen LogP contribution is -2.44. The van der Waals surface area contributed by atoms with Crippen LogP contribution in [0.5, 0.6) is 0 Å². The fourth-order valence-electron chi connectivity index (χ4n) is 4.93. The maximum Gasteiger partial charge on any atom is 0.435 e. The molecule has 1 fully saturated rings. The topological polar surface area (TPSA) is 82.3 Å². The monoisotopic (exact) mass is 463 g/mol. The summed E-state index contributed by atoms with van der Waals surface area (Å²) in [5.74, 6) is 0.0807. The van der Waals surface area contributed by atoms with Crippen molar-refractivity contribution >= 4 is 22.9 Å². The Kier molecular flexibility index (Phi) is 5.70. The molecule has 0 spiro atoms. The average Bonchev–Trinajstić information content (AvgIpc) is 3.37. The molecule has 1 atom stereocenters. The minimum absolute atomic E-state index is 0.0807. The molecule has 2 aliphatic rings. The van der Waals surface area contributed by atoms with E-state index in [1.54, 1.807) is 6.20 Å². The minimum Gasteiger partial charge on any atom is -0.442 e. The third-order valence-corrected chi connectivity index (χ3v) is 6.55. The van der Waals surface area contributed by atoms with Gasteiger partial charge in [-0.05, 0) is 77.0 Å². The first-order chi connectivity index (χ1) is 16.2. The molecular formula is C26H33N5O3. The van der Waals surface area contributed by atoms with Crippen molar-refractivity contribution in [2.24, 2.45) is 0 Å². The number of carbonyl (C=O) groups excluding carboxylic acids is 2. The lowest BCUT2D eigenvalue weighted by Gasteiger charge is -2.34. The molecule has 1 aromatic carbocycles. The number of hydrogen-bond acceptors (Lipinski definition) is 5. The number of hydrogen-bond donors (Lipinski definition) is 0. The standard InChI is InChI=1S/C26H33N5O3/c1-5-13-29-23-8-6-7-20(21(23)15-27-29)24(32)31(18-9-10-18)19-11-12-22-17(14-19)16-30(28-22)25(33)34-26(2,3)4/h6-8,15-16,18-19H,5,9-14H2,1-4H3. The van der Waals surface area contributed by atoms with Gasteiger partial charge in [-0.3, -0.25) is 9.48 Å². The van der Waals surface area contributed by atoms with Gasteiger partial charge in [0.05, 0.1) is 23.0 Å². The molecule has 2 aliphatic carbocycles. The lowest BCUT2D eigenvalue weighted by molar-refractivity contribution is 0.0513. The van der Waals surface area contributed by atoms with Gasteiger partial charge in [0.2, 0.25) is 0 Å². The van der Waals surface area contributed by atoms with Gasteiger partial charge >= 0.3 is 6.09 Å². The van der Waals surface area contributed by atoms with Crippen molar-refractivity contribution in [3.05, 3.63) is 47.4 Å². The van der Waals surface area contributed by atoms with Crippen molar-refractivity contribution in [2.75, 3.05) is 0 Å². The van der Waals surface area contributed by atoms with Crippen LogP contribution < -0.4 is 0 Å². The quantitative estimate of drug-likeness (QED) is 0.553. The predicted molar refractivity (Wildman–Crippen MR) is 129 cm³/mol. The van der Waals surface area contributed by atoms with Crippen molar-refractivity contribution in [1.29, 1.82) is 0 Å². The lowest BCUT2D eigenvalue weighted by atomic mass is 9.91. The van der Waals surface area contributed by atoms with E-state index in [4.69, 9.17) is 4.74 Å². The summed E-state index contributed by atoms with van der Waals surface area (Å²) >= 11 is 0. The van der Waals surface area contributed by atoms with Crippen LogP contribution >= 0.6 is 0 Å². The van der Waals surface area contributed by atoms with Crippen LogP contribution in [-0.4, -0.2) is 54.1 Å². The molecule has 8 nitrogen and oxygen atoms in total. The Morgan fingerprint density at radius 2 is 1.97 bits per heavy atom. The molecule has 34 heavy (non-hydrogen) atoms. The molecule has 3 aromatic rings. The summed E-state index contributed by atoms with van der Waals surface area (Å²) in [6.45, 7) is 8.49. The fourth-order valence-corrected chi connectivity index (χ4v) is 4.93. The molecule has 180 valence electrons. The van der Waals surface area contributed by atoms with Gasteiger partial charge in [-0.25, -0.2) is 4.79 Å². The fraction of sp³-hybridized carbons (Fsp3) is 0.538. The van der Waals surface area contributed by atoms with E-state index < -0.39 is 11.7 Å². The van der Waals surface area contributed by atoms with Gasteiger partial charge in [-0.15, -0.1) is 0 Å². The van der Waals surface area contributed by atoms with Crippen LogP contribution in [0.2, 0.25) is 0 Å². The molecule has 0 radical (unpaired) electrons. The molecule has 1 unspecified atom stereocenters. The summed E-state index contributed by atoms with van der Waals surface area (Å²) in [4.78, 5) is 28.5. The molecule has 0 N–H and O–H groups in total. The third-order valence-electron chi connectivity index (χ3n) is 6.55. The zero-order chi connectivity index (χ0) is 24.0. The van der Waals surface area contributed by atoms with Gasteiger partial charge in [0.25, 0.3) is 5.91 Å². The van der Waals surface area contributed by atoms with E-state index in [2.05, 4.69) is 22.0 Å². The molecule has 1 saturated carbocycles. The Hall–Kier alpha value is -3.16. The number of nitrogens with zero attached hydrogens (tertiary/aromatic N) is 5. The van der Waals surface area contributed by atoms with Crippen molar-refractivity contribution in [2.45, 2.75) is 90.4 Å². The maximum atomic E-state index is 13.9. The summed E-state index contributed by atoms with van der Waals surface area (Å²) in [7, 11) is 0. The SMILES string of the molecule is CCCn1ncc2c(C(=O)N(C3CC3)C3CCc4nn(C(=O)OC(C)(C)C)cc4C3)cccc21. The van der Waals surface area contributed by atoms with E-state index in [0.717, 1.165) is 66.4 Å². The Balaban J connectivity index is 1.40. The molecule has 8 heteroatoms. The number of fused-ring (bicyclic) bond motifs is 2. The zero-order valence-corrected chi connectivity index (χ0v) is 20.5. The van der Waals surface area contributed by atoms with Crippen LogP contribution in [0.25, 0.3) is 10.9 Å². The summed E-state index contributed by atoms with van der Waals surface area (Å²) < 4.78 is 8.76. The van der Waals surface area contributed by atoms with Crippen molar-refractivity contribution in [3.8, 4) is 0 Å². The van der Waals surface area contributed by atoms with Crippen LogP contribution in [0.3, 0.4) is 0 Å². The van der Waals surface area contributed by atoms with Gasteiger partial charge in [-0.1, -0.05) is 13.0 Å². The summed E-state index contributed by atoms with van der Waals surface area (Å²) in [5, 5.41) is 9.92. The van der Waals surface area contributed by atoms with E-state index in [1.807, 2.05) is 49.8 Å². The molecule has 5 rings (SSSR count). The second kappa shape index (κ2) is 8.56. The van der Waals surface area contributed by atoms with Gasteiger partial charge in [0.15, 0.2) is 0 Å². The van der Waals surface area contributed by atoms with Gasteiger partial charge in [0.1, 0.15) is 5.60 Å². The van der Waals surface area contributed by atoms with Crippen LogP contribution in [0.1, 0.15) is 75.0 Å². The summed E-state index contributed by atoms with van der Waals surface area (Å²) in [6.07, 6.45) is 8.49. The minimum atomic E-state index is -0.576. The van der Waals surface area contributed by atoms with E-state index in [9.17, 15) is 9.59 Å². The molecule has 2 heterocycles. The highest BCUT2D eigenvalue weighted by atomic mass is 16.6. The number of amides is 1. The van der Waals surface area contributed by atoms with Crippen LogP contribution in [0.15, 0.2) is 30.6 Å². The first kappa shape index (κ1) is 22.6. The Morgan fingerprint density at radius 3 is 2.68 bits per heavy atom. The van der Waals surface area contributed by atoms with Gasteiger partial charge in [-0.2, -0.15) is 14.9 Å². The number of ether oxygens (including phenoxy) is 1. The Labute approximate surface area is 199 Å². The van der Waals surface area contributed by atoms with E-state index >= 15 is 0 Å². The van der Waals surface area contributed by atoms with Crippen molar-refractivity contribution in [3.63, 3.8) is 0 Å². The van der Waals surface area contributed by atoms with Crippen molar-refractivity contribution in [1.82, 2.24) is 24.5 Å². The van der Waals surface area contributed by atoms with Gasteiger partial charge in [0, 0.05) is 30.2 Å². The molecule has 0 aliphatic heterocycles. The number of carbonyl (C=O) groups is 2. The molecule has 0 saturated heterocycles. The van der Waals surface area contributed by atoms with E-state index in [-0.39, 0.29) is 18.0 Å². The molecular weight excluding hydrogens is 430 g/mol. The zero-order valence-electron chi connectivity index (χ0n) is 20.5. The van der Waals surface area contributed by atoms with Crippen LogP contribution in [0, 0.1) is 0 Å². The number of benzene rings is 1. The predicted octanol–water partition coefficient (Wildman–Crippen LogP) is 4.59. The largest absolute Gasteiger partial charge is 0.442 e. The second-order valence-electron chi connectivity index (χ2n) is 10.5. The normalized spacial score (nSPS) is 18.1. The number of rotatable bonds is 5. The average molecular weight is 464 g/mol. The van der Waals surface area contributed by atoms with Gasteiger partial charge < -0.3 is 9.64 Å². The highest BCUT2D eigenvalue weighted by Crippen LogP contribution is 2.35. The first-order valence-electron chi connectivity index (χ1n) is 12.3. The second-order valence-corrected chi connectivity index (χ2v) is 10.5. The third kappa shape index (κ3) is 4.33. The van der Waals surface area contributed by atoms with Crippen LogP contribution in [-0.2, 0) is 24.1 Å². The Morgan fingerprint density at radius 1 is 1.18 bits per heavy atom. The van der Waals surface area contributed by atoms with Crippen LogP contribution in [0.4, 0.5) is 4.79 Å². The summed E-state index contributed by atoms with van der Waals surface area (Å²) in [5.41, 5.74) is 3.10. The highest BCUT2D eigenvalue weighted by molar-refractivity contribution is 6.06. The smallest absolute Gasteiger partial charge is 0.435 e. The Bertz CT molecular complexity index is 1230. The maximum absolute atomic E-state index is 13.9. The summed E-state index contributed by atoms with van der Waals surface area (Å²) in [6, 6.07) is 6.28. The van der Waals surface area contributed by atoms with E-state index in [1.165, 1.54) is 4.68 Å².